The third-order valence-corrected chi connectivity index (χ3v) is 3.41. The van der Waals surface area contributed by atoms with Gasteiger partial charge < -0.3 is 10.4 Å². The number of amides is 1. The lowest BCUT2D eigenvalue weighted by Crippen LogP contribution is -2.15. The largest absolute Gasteiger partial charge is 0.388 e. The average Bonchev–Trinajstić information content (AvgIpc) is 2.50. The van der Waals surface area contributed by atoms with Crippen LogP contribution in [0.4, 0.5) is 5.69 Å². The molecular formula is C17H15ClN2O2. The first-order valence-electron chi connectivity index (χ1n) is 6.78. The molecule has 0 aliphatic rings. The van der Waals surface area contributed by atoms with Crippen molar-refractivity contribution in [2.45, 2.75) is 18.9 Å². The molecule has 0 bridgehead atoms. The van der Waals surface area contributed by atoms with Gasteiger partial charge in [-0.05, 0) is 35.4 Å². The number of hydrogen-bond donors (Lipinski definition) is 2. The van der Waals surface area contributed by atoms with Gasteiger partial charge in [-0.3, -0.25) is 4.79 Å². The van der Waals surface area contributed by atoms with Gasteiger partial charge in [-0.15, -0.1) is 0 Å². The Morgan fingerprint density at radius 2 is 1.82 bits per heavy atom. The zero-order valence-corrected chi connectivity index (χ0v) is 12.5. The van der Waals surface area contributed by atoms with Gasteiger partial charge in [0.25, 0.3) is 0 Å². The van der Waals surface area contributed by atoms with Gasteiger partial charge in [-0.2, -0.15) is 5.26 Å². The Labute approximate surface area is 134 Å². The van der Waals surface area contributed by atoms with E-state index in [2.05, 4.69) is 11.4 Å². The number of carbonyl (C=O) groups is 1. The van der Waals surface area contributed by atoms with Crippen molar-refractivity contribution in [3.05, 3.63) is 64.7 Å². The Kier molecular flexibility index (Phi) is 5.54. The summed E-state index contributed by atoms with van der Waals surface area (Å²) in [6.07, 6.45) is -0.583. The minimum Gasteiger partial charge on any atom is -0.388 e. The first-order chi connectivity index (χ1) is 10.6. The van der Waals surface area contributed by atoms with E-state index in [4.69, 9.17) is 16.9 Å². The maximum absolute atomic E-state index is 11.9. The number of rotatable bonds is 5. The SMILES string of the molecule is N#CCc1ccc(NC(=O)CC(O)c2ccc(Cl)cc2)cc1. The first-order valence-corrected chi connectivity index (χ1v) is 7.15. The summed E-state index contributed by atoms with van der Waals surface area (Å²) in [6.45, 7) is 0. The highest BCUT2D eigenvalue weighted by atomic mass is 35.5. The van der Waals surface area contributed by atoms with E-state index >= 15 is 0 Å². The molecule has 0 saturated carbocycles. The second kappa shape index (κ2) is 7.60. The van der Waals surface area contributed by atoms with Crippen LogP contribution in [0.25, 0.3) is 0 Å². The quantitative estimate of drug-likeness (QED) is 0.887. The molecule has 5 heteroatoms. The average molecular weight is 315 g/mol. The van der Waals surface area contributed by atoms with Crippen LogP contribution >= 0.6 is 11.6 Å². The number of aliphatic hydroxyl groups is 1. The van der Waals surface area contributed by atoms with Gasteiger partial charge in [0.2, 0.25) is 5.91 Å². The second-order valence-corrected chi connectivity index (χ2v) is 5.29. The third-order valence-electron chi connectivity index (χ3n) is 3.15. The Morgan fingerprint density at radius 1 is 1.18 bits per heavy atom. The number of hydrogen-bond acceptors (Lipinski definition) is 3. The van der Waals surface area contributed by atoms with Gasteiger partial charge in [0.15, 0.2) is 0 Å². The van der Waals surface area contributed by atoms with Crippen molar-refractivity contribution in [1.29, 1.82) is 5.26 Å². The van der Waals surface area contributed by atoms with Crippen molar-refractivity contribution in [2.75, 3.05) is 5.32 Å². The summed E-state index contributed by atoms with van der Waals surface area (Å²) in [5, 5.41) is 21.9. The molecule has 0 aliphatic carbocycles. The molecule has 1 amide bonds. The summed E-state index contributed by atoms with van der Waals surface area (Å²) >= 11 is 5.78. The van der Waals surface area contributed by atoms with Crippen LogP contribution in [0.2, 0.25) is 5.02 Å². The molecule has 112 valence electrons. The van der Waals surface area contributed by atoms with E-state index in [1.54, 1.807) is 48.5 Å². The second-order valence-electron chi connectivity index (χ2n) is 4.85. The van der Waals surface area contributed by atoms with E-state index in [9.17, 15) is 9.90 Å². The van der Waals surface area contributed by atoms with Crippen LogP contribution in [0.3, 0.4) is 0 Å². The van der Waals surface area contributed by atoms with E-state index < -0.39 is 6.10 Å². The number of benzene rings is 2. The molecule has 1 unspecified atom stereocenters. The van der Waals surface area contributed by atoms with Crippen molar-refractivity contribution >= 4 is 23.2 Å². The predicted octanol–water partition coefficient (Wildman–Crippen LogP) is 3.47. The lowest BCUT2D eigenvalue weighted by atomic mass is 10.1. The Hall–Kier alpha value is -2.35. The predicted molar refractivity (Wildman–Crippen MR) is 85.4 cm³/mol. The Morgan fingerprint density at radius 3 is 2.41 bits per heavy atom. The van der Waals surface area contributed by atoms with Crippen molar-refractivity contribution in [3.63, 3.8) is 0 Å². The zero-order chi connectivity index (χ0) is 15.9. The summed E-state index contributed by atoms with van der Waals surface area (Å²) in [5.74, 6) is -0.282. The van der Waals surface area contributed by atoms with Gasteiger partial charge in [-0.1, -0.05) is 35.9 Å². The molecule has 0 aromatic heterocycles. The number of nitrogens with zero attached hydrogens (tertiary/aromatic N) is 1. The van der Waals surface area contributed by atoms with E-state index in [1.165, 1.54) is 0 Å². The van der Waals surface area contributed by atoms with E-state index in [0.29, 0.717) is 22.7 Å². The topological polar surface area (TPSA) is 73.1 Å². The summed E-state index contributed by atoms with van der Waals surface area (Å²) in [6, 6.07) is 15.8. The molecule has 2 N–H and O–H groups in total. The van der Waals surface area contributed by atoms with Gasteiger partial charge in [0.05, 0.1) is 25.0 Å². The molecule has 0 heterocycles. The van der Waals surface area contributed by atoms with Crippen LogP contribution in [0, 0.1) is 11.3 Å². The fourth-order valence-corrected chi connectivity index (χ4v) is 2.11. The van der Waals surface area contributed by atoms with Crippen molar-refractivity contribution in [3.8, 4) is 6.07 Å². The molecule has 22 heavy (non-hydrogen) atoms. The van der Waals surface area contributed by atoms with Crippen molar-refractivity contribution < 1.29 is 9.90 Å². The van der Waals surface area contributed by atoms with Crippen LogP contribution < -0.4 is 5.32 Å². The Bertz CT molecular complexity index is 675. The number of nitrogens with one attached hydrogen (secondary N) is 1. The van der Waals surface area contributed by atoms with Gasteiger partial charge in [0.1, 0.15) is 0 Å². The summed E-state index contributed by atoms with van der Waals surface area (Å²) in [7, 11) is 0. The van der Waals surface area contributed by atoms with Gasteiger partial charge in [-0.25, -0.2) is 0 Å². The highest BCUT2D eigenvalue weighted by molar-refractivity contribution is 6.30. The fourth-order valence-electron chi connectivity index (χ4n) is 1.99. The minimum absolute atomic E-state index is 0.0401. The highest BCUT2D eigenvalue weighted by Gasteiger charge is 2.13. The summed E-state index contributed by atoms with van der Waals surface area (Å²) in [5.41, 5.74) is 2.17. The van der Waals surface area contributed by atoms with E-state index in [0.717, 1.165) is 5.56 Å². The van der Waals surface area contributed by atoms with Crippen molar-refractivity contribution in [2.24, 2.45) is 0 Å². The third kappa shape index (κ3) is 4.59. The minimum atomic E-state index is -0.880. The molecule has 0 radical (unpaired) electrons. The Balaban J connectivity index is 1.92. The lowest BCUT2D eigenvalue weighted by molar-refractivity contribution is -0.118. The molecule has 4 nitrogen and oxygen atoms in total. The molecule has 0 aliphatic heterocycles. The molecule has 0 spiro atoms. The fraction of sp³-hybridized carbons (Fsp3) is 0.176. The standard InChI is InChI=1S/C17H15ClN2O2/c18-14-5-3-13(4-6-14)16(21)11-17(22)20-15-7-1-12(2-8-15)9-10-19/h1-8,16,21H,9,11H2,(H,20,22). The van der Waals surface area contributed by atoms with Gasteiger partial charge in [0, 0.05) is 10.7 Å². The molecule has 0 saturated heterocycles. The molecular weight excluding hydrogens is 300 g/mol. The monoisotopic (exact) mass is 314 g/mol. The van der Waals surface area contributed by atoms with E-state index in [-0.39, 0.29) is 12.3 Å². The molecule has 2 rings (SSSR count). The number of nitriles is 1. The molecule has 1 atom stereocenters. The number of carbonyl (C=O) groups excluding carboxylic acids is 1. The smallest absolute Gasteiger partial charge is 0.227 e. The molecule has 0 fully saturated rings. The highest BCUT2D eigenvalue weighted by Crippen LogP contribution is 2.20. The van der Waals surface area contributed by atoms with E-state index in [1.807, 2.05) is 0 Å². The maximum Gasteiger partial charge on any atom is 0.227 e. The lowest BCUT2D eigenvalue weighted by Gasteiger charge is -2.11. The number of anilines is 1. The van der Waals surface area contributed by atoms with Crippen LogP contribution in [0.5, 0.6) is 0 Å². The zero-order valence-electron chi connectivity index (χ0n) is 11.8. The van der Waals surface area contributed by atoms with Crippen LogP contribution in [-0.2, 0) is 11.2 Å². The van der Waals surface area contributed by atoms with Crippen LogP contribution in [-0.4, -0.2) is 11.0 Å². The summed E-state index contributed by atoms with van der Waals surface area (Å²) < 4.78 is 0. The number of aliphatic hydroxyl groups excluding tert-OH is 1. The van der Waals surface area contributed by atoms with Crippen LogP contribution in [0.1, 0.15) is 23.7 Å². The molecule has 2 aromatic carbocycles. The molecule has 2 aromatic rings. The summed E-state index contributed by atoms with van der Waals surface area (Å²) in [4.78, 5) is 11.9. The van der Waals surface area contributed by atoms with Crippen molar-refractivity contribution in [1.82, 2.24) is 0 Å². The first kappa shape index (κ1) is 16.0. The van der Waals surface area contributed by atoms with Crippen LogP contribution in [0.15, 0.2) is 48.5 Å². The maximum atomic E-state index is 11.9. The number of halogens is 1. The van der Waals surface area contributed by atoms with Gasteiger partial charge >= 0.3 is 0 Å². The normalized spacial score (nSPS) is 11.5.